The zero-order valence-electron chi connectivity index (χ0n) is 14.9. The molecule has 0 bridgehead atoms. The van der Waals surface area contributed by atoms with Gasteiger partial charge in [0.25, 0.3) is 5.91 Å². The van der Waals surface area contributed by atoms with E-state index in [1.54, 1.807) is 0 Å². The van der Waals surface area contributed by atoms with Crippen molar-refractivity contribution in [3.05, 3.63) is 72.8 Å². The molecule has 1 N–H and O–H groups in total. The largest absolute Gasteiger partial charge is 0.463 e. The molecule has 0 aliphatic carbocycles. The molecule has 0 atom stereocenters. The van der Waals surface area contributed by atoms with E-state index >= 15 is 0 Å². The third-order valence-electron chi connectivity index (χ3n) is 4.02. The highest BCUT2D eigenvalue weighted by Crippen LogP contribution is 2.23. The van der Waals surface area contributed by atoms with E-state index in [0.717, 1.165) is 36.8 Å². The molecule has 0 aromatic heterocycles. The molecule has 0 fully saturated rings. The van der Waals surface area contributed by atoms with E-state index in [-0.39, 0.29) is 11.9 Å². The Morgan fingerprint density at radius 2 is 1.62 bits per heavy atom. The number of unbranched alkanes of at least 4 members (excludes halogenated alkanes) is 3. The zero-order chi connectivity index (χ0) is 18.6. The van der Waals surface area contributed by atoms with Crippen LogP contribution in [0.1, 0.15) is 36.0 Å². The fourth-order valence-electron chi connectivity index (χ4n) is 2.66. The molecular weight excluding hydrogens is 326 g/mol. The lowest BCUT2D eigenvalue weighted by Crippen LogP contribution is -2.25. The van der Waals surface area contributed by atoms with Crippen molar-refractivity contribution in [2.75, 3.05) is 13.2 Å². The summed E-state index contributed by atoms with van der Waals surface area (Å²) >= 11 is 0. The Bertz CT molecular complexity index is 725. The van der Waals surface area contributed by atoms with E-state index in [1.165, 1.54) is 6.08 Å². The van der Waals surface area contributed by atoms with E-state index in [4.69, 9.17) is 4.74 Å². The monoisotopic (exact) mass is 351 g/mol. The first-order chi connectivity index (χ1) is 12.7. The molecule has 0 aliphatic rings. The molecule has 0 aliphatic heterocycles. The molecule has 2 aromatic rings. The van der Waals surface area contributed by atoms with Gasteiger partial charge in [-0.15, -0.1) is 0 Å². The van der Waals surface area contributed by atoms with Gasteiger partial charge in [0.2, 0.25) is 0 Å². The van der Waals surface area contributed by atoms with Crippen LogP contribution in [0.15, 0.2) is 67.3 Å². The molecule has 1 amide bonds. The molecule has 2 aromatic carbocycles. The number of carbonyl (C=O) groups is 2. The molecule has 26 heavy (non-hydrogen) atoms. The molecule has 0 spiro atoms. The van der Waals surface area contributed by atoms with E-state index in [1.807, 2.05) is 54.6 Å². The maximum atomic E-state index is 12.5. The predicted octanol–water partition coefficient (Wildman–Crippen LogP) is 4.37. The first kappa shape index (κ1) is 19.4. The molecule has 4 heteroatoms. The van der Waals surface area contributed by atoms with E-state index < -0.39 is 0 Å². The van der Waals surface area contributed by atoms with Gasteiger partial charge in [0.15, 0.2) is 0 Å². The second kappa shape index (κ2) is 10.9. The number of hydrogen-bond acceptors (Lipinski definition) is 3. The number of esters is 1. The van der Waals surface area contributed by atoms with Crippen molar-refractivity contribution in [2.24, 2.45) is 0 Å². The summed E-state index contributed by atoms with van der Waals surface area (Å²) in [6, 6.07) is 17.6. The van der Waals surface area contributed by atoms with Crippen molar-refractivity contribution in [1.29, 1.82) is 0 Å². The van der Waals surface area contributed by atoms with Gasteiger partial charge < -0.3 is 10.1 Å². The van der Waals surface area contributed by atoms with Crippen molar-refractivity contribution < 1.29 is 14.3 Å². The number of carbonyl (C=O) groups excluding carboxylic acids is 2. The van der Waals surface area contributed by atoms with E-state index in [0.29, 0.717) is 18.7 Å². The number of benzene rings is 2. The number of hydrogen-bond donors (Lipinski definition) is 1. The van der Waals surface area contributed by atoms with E-state index in [9.17, 15) is 9.59 Å². The lowest BCUT2D eigenvalue weighted by Gasteiger charge is -2.10. The van der Waals surface area contributed by atoms with Crippen LogP contribution in [0.3, 0.4) is 0 Å². The summed E-state index contributed by atoms with van der Waals surface area (Å²) in [5.41, 5.74) is 2.66. The van der Waals surface area contributed by atoms with Gasteiger partial charge >= 0.3 is 5.97 Å². The van der Waals surface area contributed by atoms with Gasteiger partial charge in [0, 0.05) is 18.2 Å². The normalized spacial score (nSPS) is 10.2. The molecule has 0 saturated carbocycles. The van der Waals surface area contributed by atoms with Gasteiger partial charge in [0.1, 0.15) is 0 Å². The molecule has 0 unspecified atom stereocenters. The van der Waals surface area contributed by atoms with Crippen LogP contribution in [0.25, 0.3) is 11.1 Å². The van der Waals surface area contributed by atoms with Crippen LogP contribution >= 0.6 is 0 Å². The highest BCUT2D eigenvalue weighted by atomic mass is 16.5. The Morgan fingerprint density at radius 3 is 2.38 bits per heavy atom. The van der Waals surface area contributed by atoms with Gasteiger partial charge in [-0.3, -0.25) is 4.79 Å². The molecule has 0 saturated heterocycles. The van der Waals surface area contributed by atoms with Crippen LogP contribution in [0.2, 0.25) is 0 Å². The van der Waals surface area contributed by atoms with Crippen LogP contribution in [0.4, 0.5) is 0 Å². The molecule has 4 nitrogen and oxygen atoms in total. The van der Waals surface area contributed by atoms with Gasteiger partial charge in [-0.05, 0) is 36.5 Å². The van der Waals surface area contributed by atoms with Crippen molar-refractivity contribution in [1.82, 2.24) is 5.32 Å². The average molecular weight is 351 g/mol. The quantitative estimate of drug-likeness (QED) is 0.393. The first-order valence-electron chi connectivity index (χ1n) is 8.94. The van der Waals surface area contributed by atoms with Crippen molar-refractivity contribution in [2.45, 2.75) is 25.7 Å². The molecular formula is C22H25NO3. The number of amides is 1. The minimum absolute atomic E-state index is 0.0515. The van der Waals surface area contributed by atoms with Crippen molar-refractivity contribution >= 4 is 11.9 Å². The zero-order valence-corrected chi connectivity index (χ0v) is 14.9. The first-order valence-corrected chi connectivity index (χ1v) is 8.94. The second-order valence-corrected chi connectivity index (χ2v) is 5.95. The van der Waals surface area contributed by atoms with Crippen molar-refractivity contribution in [3.8, 4) is 11.1 Å². The number of ether oxygens (including phenoxy) is 1. The van der Waals surface area contributed by atoms with Gasteiger partial charge in [-0.1, -0.05) is 61.5 Å². The summed E-state index contributed by atoms with van der Waals surface area (Å²) in [5.74, 6) is -0.432. The Kier molecular flexibility index (Phi) is 8.13. The third kappa shape index (κ3) is 6.20. The maximum Gasteiger partial charge on any atom is 0.330 e. The molecule has 2 rings (SSSR count). The minimum Gasteiger partial charge on any atom is -0.463 e. The highest BCUT2D eigenvalue weighted by molar-refractivity contribution is 6.00. The smallest absolute Gasteiger partial charge is 0.330 e. The topological polar surface area (TPSA) is 55.4 Å². The standard InChI is InChI=1S/C22H25NO3/c1-2-21(24)26-17-11-4-3-10-16-23-22(25)20-15-9-8-14-19(20)18-12-6-5-7-13-18/h2,5-9,12-15H,1,3-4,10-11,16-17H2,(H,23,25). The minimum atomic E-state index is -0.380. The van der Waals surface area contributed by atoms with Gasteiger partial charge in [-0.2, -0.15) is 0 Å². The van der Waals surface area contributed by atoms with Crippen LogP contribution < -0.4 is 5.32 Å². The van der Waals surface area contributed by atoms with Crippen LogP contribution in [0.5, 0.6) is 0 Å². The molecule has 0 heterocycles. The van der Waals surface area contributed by atoms with E-state index in [2.05, 4.69) is 11.9 Å². The highest BCUT2D eigenvalue weighted by Gasteiger charge is 2.11. The van der Waals surface area contributed by atoms with Crippen molar-refractivity contribution in [3.63, 3.8) is 0 Å². The summed E-state index contributed by atoms with van der Waals surface area (Å²) in [5, 5.41) is 2.99. The number of rotatable bonds is 10. The summed E-state index contributed by atoms with van der Waals surface area (Å²) in [6.45, 7) is 4.40. The fourth-order valence-corrected chi connectivity index (χ4v) is 2.66. The van der Waals surface area contributed by atoms with Crippen LogP contribution in [0, 0.1) is 0 Å². The van der Waals surface area contributed by atoms with Gasteiger partial charge in [-0.25, -0.2) is 4.79 Å². The molecule has 0 radical (unpaired) electrons. The lowest BCUT2D eigenvalue weighted by molar-refractivity contribution is -0.137. The SMILES string of the molecule is C=CC(=O)OCCCCCCNC(=O)c1ccccc1-c1ccccc1. The Labute approximate surface area is 154 Å². The lowest BCUT2D eigenvalue weighted by atomic mass is 9.99. The molecule has 136 valence electrons. The Hall–Kier alpha value is -2.88. The summed E-state index contributed by atoms with van der Waals surface area (Å²) in [6.07, 6.45) is 4.83. The average Bonchev–Trinajstić information content (AvgIpc) is 2.70. The van der Waals surface area contributed by atoms with Crippen LogP contribution in [-0.2, 0) is 9.53 Å². The van der Waals surface area contributed by atoms with Gasteiger partial charge in [0.05, 0.1) is 6.61 Å². The van der Waals surface area contributed by atoms with Crippen LogP contribution in [-0.4, -0.2) is 25.0 Å². The second-order valence-electron chi connectivity index (χ2n) is 5.95. The Morgan fingerprint density at radius 1 is 0.923 bits per heavy atom. The fraction of sp³-hybridized carbons (Fsp3) is 0.273. The summed E-state index contributed by atoms with van der Waals surface area (Å²) in [7, 11) is 0. The number of nitrogens with one attached hydrogen (secondary N) is 1. The summed E-state index contributed by atoms with van der Waals surface area (Å²) < 4.78 is 4.92. The summed E-state index contributed by atoms with van der Waals surface area (Å²) in [4.78, 5) is 23.4. The third-order valence-corrected chi connectivity index (χ3v) is 4.02. The predicted molar refractivity (Wildman–Crippen MR) is 104 cm³/mol. The maximum absolute atomic E-state index is 12.5. The Balaban J connectivity index is 1.74.